The molecule has 0 aliphatic heterocycles. The van der Waals surface area contributed by atoms with Gasteiger partial charge in [-0.15, -0.1) is 0 Å². The molecule has 0 aliphatic rings. The van der Waals surface area contributed by atoms with Crippen LogP contribution in [-0.4, -0.2) is 14.4 Å². The van der Waals surface area contributed by atoms with Crippen LogP contribution < -0.4 is 9.46 Å². The first-order chi connectivity index (χ1) is 13.3. The second-order valence-corrected chi connectivity index (χ2v) is 7.91. The predicted molar refractivity (Wildman–Crippen MR) is 110 cm³/mol. The summed E-state index contributed by atoms with van der Waals surface area (Å²) in [5, 5.41) is 0.846. The van der Waals surface area contributed by atoms with Gasteiger partial charge in [0.15, 0.2) is 0 Å². The first-order valence-corrected chi connectivity index (χ1v) is 11.4. The van der Waals surface area contributed by atoms with Gasteiger partial charge in [0.1, 0.15) is 18.9 Å². The van der Waals surface area contributed by atoms with E-state index in [-0.39, 0.29) is 0 Å². The number of hydrogen-bond acceptors (Lipinski definition) is 2. The minimum Gasteiger partial charge on any atom is -0.756 e. The summed E-state index contributed by atoms with van der Waals surface area (Å²) >= 11 is 6.16. The van der Waals surface area contributed by atoms with Crippen LogP contribution in [0.2, 0.25) is 5.02 Å². The van der Waals surface area contributed by atoms with Gasteiger partial charge in [0, 0.05) is 5.02 Å². The highest BCUT2D eigenvalue weighted by Gasteiger charge is 2.02. The zero-order valence-corrected chi connectivity index (χ0v) is 17.9. The number of hydrogen-bond donors (Lipinski definition) is 2. The Kier molecular flexibility index (Phi) is 12.0. The fourth-order valence-corrected chi connectivity index (χ4v) is 2.86. The van der Waals surface area contributed by atoms with Crippen LogP contribution in [0.15, 0.2) is 55.1 Å². The third-order valence-electron chi connectivity index (χ3n) is 4.04. The number of aromatic nitrogens is 2. The lowest BCUT2D eigenvalue weighted by Crippen LogP contribution is -2.29. The normalized spacial score (nSPS) is 11.5. The van der Waals surface area contributed by atoms with Crippen LogP contribution in [0.3, 0.4) is 0 Å². The van der Waals surface area contributed by atoms with Crippen LogP contribution in [0.25, 0.3) is 0 Å². The van der Waals surface area contributed by atoms with E-state index in [4.69, 9.17) is 30.8 Å². The van der Waals surface area contributed by atoms with Crippen molar-refractivity contribution in [3.05, 3.63) is 65.7 Å². The molecule has 0 radical (unpaired) electrons. The number of aryl methyl sites for hydroxylation is 1. The maximum Gasteiger partial charge on any atom is 0.262 e. The standard InChI is InChI=1S/C20H28ClN2.H3O4P/c1-2-3-4-5-9-14-22-16-17-23(18-22)15-10-8-12-19-11-6-7-13-20(19)21;1-5(2,3)4/h6-8,10-11,13,16-18H,2-5,9,12,14-15H2,1H3;(H3,1,2,3,4)/q+1;/p-1. The number of imidazole rings is 1. The maximum absolute atomic E-state index is 8.77. The van der Waals surface area contributed by atoms with Gasteiger partial charge >= 0.3 is 0 Å². The smallest absolute Gasteiger partial charge is 0.262 e. The SMILES string of the molecule is CCCCCCCn1cc[n+](CC=CCc2ccccc2Cl)c1.O=P([O-])(O)O. The van der Waals surface area contributed by atoms with Crippen molar-refractivity contribution in [3.8, 4) is 0 Å². The first-order valence-electron chi connectivity index (χ1n) is 9.49. The Morgan fingerprint density at radius 1 is 1.18 bits per heavy atom. The number of allylic oxidation sites excluding steroid dienone is 2. The highest BCUT2D eigenvalue weighted by atomic mass is 35.5. The highest BCUT2D eigenvalue weighted by molar-refractivity contribution is 7.43. The fraction of sp³-hybridized carbons (Fsp3) is 0.450. The van der Waals surface area contributed by atoms with E-state index >= 15 is 0 Å². The van der Waals surface area contributed by atoms with Gasteiger partial charge in [-0.3, -0.25) is 4.57 Å². The lowest BCUT2D eigenvalue weighted by molar-refractivity contribution is -0.686. The quantitative estimate of drug-likeness (QED) is 0.262. The third-order valence-corrected chi connectivity index (χ3v) is 4.41. The monoisotopic (exact) mass is 428 g/mol. The van der Waals surface area contributed by atoms with E-state index in [1.54, 1.807) is 0 Å². The molecule has 0 bridgehead atoms. The molecule has 6 nitrogen and oxygen atoms in total. The summed E-state index contributed by atoms with van der Waals surface area (Å²) in [6, 6.07) is 8.02. The number of benzene rings is 1. The third kappa shape index (κ3) is 12.9. The molecule has 0 saturated heterocycles. The van der Waals surface area contributed by atoms with E-state index in [0.717, 1.165) is 24.5 Å². The average molecular weight is 429 g/mol. The van der Waals surface area contributed by atoms with Gasteiger partial charge in [-0.1, -0.05) is 62.1 Å². The molecule has 2 rings (SSSR count). The maximum atomic E-state index is 8.77. The summed E-state index contributed by atoms with van der Waals surface area (Å²) in [5.41, 5.74) is 1.18. The van der Waals surface area contributed by atoms with Gasteiger partial charge in [-0.2, -0.15) is 0 Å². The van der Waals surface area contributed by atoms with Crippen LogP contribution in [0, 0.1) is 0 Å². The molecule has 0 unspecified atom stereocenters. The minimum atomic E-state index is -4.89. The van der Waals surface area contributed by atoms with Crippen molar-refractivity contribution >= 4 is 19.4 Å². The van der Waals surface area contributed by atoms with E-state index in [2.05, 4.69) is 53.0 Å². The van der Waals surface area contributed by atoms with Crippen LogP contribution >= 0.6 is 19.4 Å². The molecule has 8 heteroatoms. The zero-order valence-electron chi connectivity index (χ0n) is 16.3. The summed E-state index contributed by atoms with van der Waals surface area (Å²) in [5.74, 6) is 0. The lowest BCUT2D eigenvalue weighted by atomic mass is 10.1. The molecule has 2 aromatic rings. The fourth-order valence-electron chi connectivity index (χ4n) is 2.65. The molecule has 0 fully saturated rings. The number of unbranched alkanes of at least 4 members (excludes halogenated alkanes) is 4. The molecule has 1 heterocycles. The van der Waals surface area contributed by atoms with Crippen LogP contribution in [-0.2, 0) is 24.1 Å². The van der Waals surface area contributed by atoms with Gasteiger partial charge in [-0.25, -0.2) is 9.13 Å². The van der Waals surface area contributed by atoms with Crippen molar-refractivity contribution in [1.29, 1.82) is 0 Å². The lowest BCUT2D eigenvalue weighted by Gasteiger charge is -2.01. The summed E-state index contributed by atoms with van der Waals surface area (Å²) in [6.45, 7) is 4.29. The molecular formula is C20H30ClN2O4P. The van der Waals surface area contributed by atoms with Crippen molar-refractivity contribution in [3.63, 3.8) is 0 Å². The van der Waals surface area contributed by atoms with E-state index in [1.165, 1.54) is 37.7 Å². The summed E-state index contributed by atoms with van der Waals surface area (Å²) in [7, 11) is -4.89. The predicted octanol–water partition coefficient (Wildman–Crippen LogP) is 3.64. The Morgan fingerprint density at radius 2 is 1.86 bits per heavy atom. The van der Waals surface area contributed by atoms with E-state index in [0.29, 0.717) is 0 Å². The summed E-state index contributed by atoms with van der Waals surface area (Å²) < 4.78 is 13.3. The molecule has 0 aliphatic carbocycles. The van der Waals surface area contributed by atoms with E-state index < -0.39 is 7.82 Å². The number of rotatable bonds is 10. The van der Waals surface area contributed by atoms with Gasteiger partial charge in [0.05, 0.1) is 6.54 Å². The molecule has 1 aromatic heterocycles. The Morgan fingerprint density at radius 3 is 2.54 bits per heavy atom. The molecule has 0 saturated carbocycles. The molecule has 2 N–H and O–H groups in total. The second-order valence-electron chi connectivity index (χ2n) is 6.52. The molecular weight excluding hydrogens is 399 g/mol. The first kappa shape index (κ1) is 24.6. The van der Waals surface area contributed by atoms with E-state index in [9.17, 15) is 0 Å². The van der Waals surface area contributed by atoms with Crippen LogP contribution in [0.4, 0.5) is 0 Å². The molecule has 0 amide bonds. The molecule has 1 aromatic carbocycles. The summed E-state index contributed by atoms with van der Waals surface area (Å²) in [4.78, 5) is 22.9. The Bertz CT molecular complexity index is 750. The number of nitrogens with zero attached hydrogens (tertiary/aromatic N) is 2. The van der Waals surface area contributed by atoms with Crippen molar-refractivity contribution in [2.45, 2.75) is 58.5 Å². The second kappa shape index (κ2) is 13.7. The van der Waals surface area contributed by atoms with Crippen LogP contribution in [0.5, 0.6) is 0 Å². The van der Waals surface area contributed by atoms with Gasteiger partial charge in [0.2, 0.25) is 6.33 Å². The highest BCUT2D eigenvalue weighted by Crippen LogP contribution is 2.19. The van der Waals surface area contributed by atoms with Crippen molar-refractivity contribution in [1.82, 2.24) is 4.57 Å². The molecule has 28 heavy (non-hydrogen) atoms. The Labute approximate surface area is 172 Å². The molecule has 156 valence electrons. The van der Waals surface area contributed by atoms with Gasteiger partial charge in [0.25, 0.3) is 7.82 Å². The Balaban J connectivity index is 0.000000696. The summed E-state index contributed by atoms with van der Waals surface area (Å²) in [6.07, 6.45) is 18.4. The largest absolute Gasteiger partial charge is 0.756 e. The Hall–Kier alpha value is -1.43. The number of halogens is 1. The van der Waals surface area contributed by atoms with Crippen LogP contribution in [0.1, 0.15) is 44.6 Å². The van der Waals surface area contributed by atoms with Gasteiger partial charge < -0.3 is 14.7 Å². The molecule has 0 spiro atoms. The minimum absolute atomic E-state index is 0.846. The van der Waals surface area contributed by atoms with Crippen molar-refractivity contribution in [2.24, 2.45) is 0 Å². The topological polar surface area (TPSA) is 89.4 Å². The zero-order chi connectivity index (χ0) is 20.8. The molecule has 0 atom stereocenters. The van der Waals surface area contributed by atoms with Crippen molar-refractivity contribution in [2.75, 3.05) is 0 Å². The van der Waals surface area contributed by atoms with Gasteiger partial charge in [-0.05, 0) is 37.0 Å². The van der Waals surface area contributed by atoms with E-state index in [1.807, 2.05) is 18.2 Å². The number of phosphoric acid groups is 1. The average Bonchev–Trinajstić information content (AvgIpc) is 3.06. The van der Waals surface area contributed by atoms with Crippen molar-refractivity contribution < 1.29 is 23.8 Å².